The second-order valence-corrected chi connectivity index (χ2v) is 7.87. The fourth-order valence-electron chi connectivity index (χ4n) is 2.00. The summed E-state index contributed by atoms with van der Waals surface area (Å²) in [5, 5.41) is 7.73. The predicted molar refractivity (Wildman–Crippen MR) is 90.1 cm³/mol. The molecule has 0 aliphatic carbocycles. The van der Waals surface area contributed by atoms with Gasteiger partial charge in [0, 0.05) is 17.0 Å². The van der Waals surface area contributed by atoms with Crippen molar-refractivity contribution in [3.63, 3.8) is 0 Å². The van der Waals surface area contributed by atoms with Crippen molar-refractivity contribution in [3.05, 3.63) is 63.5 Å². The van der Waals surface area contributed by atoms with Gasteiger partial charge in [-0.3, -0.25) is 9.52 Å². The molecule has 3 aromatic rings. The minimum atomic E-state index is -3.92. The molecule has 0 atom stereocenters. The molecule has 0 unspecified atom stereocenters. The Morgan fingerprint density at radius 1 is 1.21 bits per heavy atom. The van der Waals surface area contributed by atoms with E-state index in [0.717, 1.165) is 11.3 Å². The summed E-state index contributed by atoms with van der Waals surface area (Å²) in [5.41, 5.74) is 1.21. The molecule has 0 fully saturated rings. The van der Waals surface area contributed by atoms with Crippen LogP contribution in [-0.4, -0.2) is 18.6 Å². The molecule has 0 radical (unpaired) electrons. The van der Waals surface area contributed by atoms with Crippen LogP contribution in [0.3, 0.4) is 0 Å². The van der Waals surface area contributed by atoms with Gasteiger partial charge in [0.05, 0.1) is 11.4 Å². The standard InChI is InChI=1S/C15H12FN3O3S2/c1-9-2-3-13(11(16)6-9)19-24(21,22)15-7-10(8-23-15)12-4-5-14(20)18-17-12/h2-8,19H,1H3,(H,18,20). The summed E-state index contributed by atoms with van der Waals surface area (Å²) in [5.74, 6) is -0.641. The molecule has 2 heterocycles. The molecule has 2 aromatic heterocycles. The van der Waals surface area contributed by atoms with E-state index in [0.29, 0.717) is 16.8 Å². The summed E-state index contributed by atoms with van der Waals surface area (Å²) in [6, 6.07) is 8.45. The van der Waals surface area contributed by atoms with E-state index in [-0.39, 0.29) is 15.5 Å². The smallest absolute Gasteiger partial charge is 0.271 e. The van der Waals surface area contributed by atoms with Crippen molar-refractivity contribution >= 4 is 27.0 Å². The number of halogens is 1. The second kappa shape index (κ2) is 6.17. The van der Waals surface area contributed by atoms with E-state index >= 15 is 0 Å². The van der Waals surface area contributed by atoms with Gasteiger partial charge in [0.2, 0.25) is 0 Å². The zero-order chi connectivity index (χ0) is 17.3. The Morgan fingerprint density at radius 2 is 2.00 bits per heavy atom. The molecule has 2 N–H and O–H groups in total. The third-order valence-corrected chi connectivity index (χ3v) is 5.99. The molecule has 24 heavy (non-hydrogen) atoms. The Labute approximate surface area is 141 Å². The summed E-state index contributed by atoms with van der Waals surface area (Å²) in [6.07, 6.45) is 0. The van der Waals surface area contributed by atoms with Crippen LogP contribution in [0.4, 0.5) is 10.1 Å². The Hall–Kier alpha value is -2.52. The molecular weight excluding hydrogens is 353 g/mol. The lowest BCUT2D eigenvalue weighted by Crippen LogP contribution is -2.12. The van der Waals surface area contributed by atoms with Gasteiger partial charge >= 0.3 is 0 Å². The third-order valence-electron chi connectivity index (χ3n) is 3.18. The number of aromatic amines is 1. The number of nitrogens with zero attached hydrogens (tertiary/aromatic N) is 1. The molecule has 6 nitrogen and oxygen atoms in total. The van der Waals surface area contributed by atoms with E-state index in [1.165, 1.54) is 30.3 Å². The van der Waals surface area contributed by atoms with Crippen LogP contribution in [0.25, 0.3) is 11.3 Å². The van der Waals surface area contributed by atoms with Crippen molar-refractivity contribution in [3.8, 4) is 11.3 Å². The molecule has 1 aromatic carbocycles. The summed E-state index contributed by atoms with van der Waals surface area (Å²) in [4.78, 5) is 11.0. The maximum atomic E-state index is 13.8. The summed E-state index contributed by atoms with van der Waals surface area (Å²) >= 11 is 0.979. The third kappa shape index (κ3) is 3.36. The number of nitrogens with one attached hydrogen (secondary N) is 2. The van der Waals surface area contributed by atoms with Crippen LogP contribution >= 0.6 is 11.3 Å². The minimum absolute atomic E-state index is 0.0190. The fraction of sp³-hybridized carbons (Fsp3) is 0.0667. The van der Waals surface area contributed by atoms with Crippen molar-refractivity contribution in [2.45, 2.75) is 11.1 Å². The number of hydrogen-bond acceptors (Lipinski definition) is 5. The number of benzene rings is 1. The molecule has 124 valence electrons. The molecule has 9 heteroatoms. The van der Waals surface area contributed by atoms with E-state index in [4.69, 9.17) is 0 Å². The molecule has 3 rings (SSSR count). The molecule has 0 aliphatic rings. The molecule has 0 saturated heterocycles. The highest BCUT2D eigenvalue weighted by Gasteiger charge is 2.19. The number of sulfonamides is 1. The molecule has 0 spiro atoms. The SMILES string of the molecule is Cc1ccc(NS(=O)(=O)c2cc(-c3ccc(=O)[nH]n3)cs2)c(F)c1. The van der Waals surface area contributed by atoms with Gasteiger partial charge in [0.1, 0.15) is 10.0 Å². The highest BCUT2D eigenvalue weighted by molar-refractivity contribution is 7.94. The van der Waals surface area contributed by atoms with Crippen molar-refractivity contribution in [2.24, 2.45) is 0 Å². The van der Waals surface area contributed by atoms with Crippen LogP contribution in [-0.2, 0) is 10.0 Å². The van der Waals surface area contributed by atoms with Crippen molar-refractivity contribution < 1.29 is 12.8 Å². The molecular formula is C15H12FN3O3S2. The van der Waals surface area contributed by atoms with Gasteiger partial charge in [-0.05, 0) is 36.8 Å². The van der Waals surface area contributed by atoms with Crippen LogP contribution in [0.15, 0.2) is 50.8 Å². The number of H-pyrrole nitrogens is 1. The van der Waals surface area contributed by atoms with E-state index in [1.807, 2.05) is 0 Å². The number of aryl methyl sites for hydroxylation is 1. The maximum Gasteiger partial charge on any atom is 0.271 e. The average Bonchev–Trinajstić information content (AvgIpc) is 3.02. The van der Waals surface area contributed by atoms with Crippen LogP contribution in [0, 0.1) is 12.7 Å². The monoisotopic (exact) mass is 365 g/mol. The van der Waals surface area contributed by atoms with Gasteiger partial charge in [-0.15, -0.1) is 11.3 Å². The minimum Gasteiger partial charge on any atom is -0.276 e. The molecule has 0 amide bonds. The maximum absolute atomic E-state index is 13.8. The first-order valence-electron chi connectivity index (χ1n) is 6.79. The van der Waals surface area contributed by atoms with E-state index in [1.54, 1.807) is 18.4 Å². The summed E-state index contributed by atoms with van der Waals surface area (Å²) in [6.45, 7) is 1.71. The second-order valence-electron chi connectivity index (χ2n) is 5.05. The van der Waals surface area contributed by atoms with E-state index in [9.17, 15) is 17.6 Å². The first kappa shape index (κ1) is 16.3. The first-order chi connectivity index (χ1) is 11.3. The zero-order valence-corrected chi connectivity index (χ0v) is 14.0. The number of aromatic nitrogens is 2. The lowest BCUT2D eigenvalue weighted by molar-refractivity contribution is 0.600. The van der Waals surface area contributed by atoms with E-state index in [2.05, 4.69) is 14.9 Å². The zero-order valence-electron chi connectivity index (χ0n) is 12.4. The van der Waals surface area contributed by atoms with Crippen LogP contribution in [0.5, 0.6) is 0 Å². The van der Waals surface area contributed by atoms with Gasteiger partial charge in [-0.25, -0.2) is 17.9 Å². The molecule has 0 saturated carbocycles. The lowest BCUT2D eigenvalue weighted by atomic mass is 10.2. The quantitative estimate of drug-likeness (QED) is 0.744. The number of rotatable bonds is 4. The van der Waals surface area contributed by atoms with Gasteiger partial charge in [0.15, 0.2) is 0 Å². The van der Waals surface area contributed by atoms with Gasteiger partial charge in [-0.2, -0.15) is 5.10 Å². The normalized spacial score (nSPS) is 11.4. The number of anilines is 1. The average molecular weight is 365 g/mol. The highest BCUT2D eigenvalue weighted by atomic mass is 32.2. The first-order valence-corrected chi connectivity index (χ1v) is 9.15. The van der Waals surface area contributed by atoms with Crippen molar-refractivity contribution in [1.29, 1.82) is 0 Å². The number of thiophene rings is 1. The van der Waals surface area contributed by atoms with Crippen LogP contribution < -0.4 is 10.3 Å². The van der Waals surface area contributed by atoms with Crippen LogP contribution in [0.1, 0.15) is 5.56 Å². The Balaban J connectivity index is 1.90. The molecule has 0 aliphatic heterocycles. The topological polar surface area (TPSA) is 91.9 Å². The van der Waals surface area contributed by atoms with Crippen molar-refractivity contribution in [2.75, 3.05) is 4.72 Å². The Bertz CT molecular complexity index is 1040. The summed E-state index contributed by atoms with van der Waals surface area (Å²) in [7, 11) is -3.92. The number of hydrogen-bond donors (Lipinski definition) is 2. The van der Waals surface area contributed by atoms with Crippen LogP contribution in [0.2, 0.25) is 0 Å². The predicted octanol–water partition coefficient (Wildman–Crippen LogP) is 2.75. The summed E-state index contributed by atoms with van der Waals surface area (Å²) < 4.78 is 40.9. The fourth-order valence-corrected chi connectivity index (χ4v) is 4.24. The van der Waals surface area contributed by atoms with Crippen molar-refractivity contribution in [1.82, 2.24) is 10.2 Å². The van der Waals surface area contributed by atoms with Gasteiger partial charge in [-0.1, -0.05) is 6.07 Å². The molecule has 0 bridgehead atoms. The van der Waals surface area contributed by atoms with Gasteiger partial charge in [0.25, 0.3) is 15.6 Å². The largest absolute Gasteiger partial charge is 0.276 e. The van der Waals surface area contributed by atoms with Gasteiger partial charge < -0.3 is 0 Å². The highest BCUT2D eigenvalue weighted by Crippen LogP contribution is 2.28. The Kier molecular flexibility index (Phi) is 4.20. The Morgan fingerprint density at radius 3 is 2.67 bits per heavy atom. The van der Waals surface area contributed by atoms with E-state index < -0.39 is 15.8 Å². The lowest BCUT2D eigenvalue weighted by Gasteiger charge is -2.07.